The summed E-state index contributed by atoms with van der Waals surface area (Å²) in [4.78, 5) is 14.0. The van der Waals surface area contributed by atoms with Gasteiger partial charge in [-0.05, 0) is 19.1 Å². The first-order chi connectivity index (χ1) is 5.70. The number of hydrogen-bond acceptors (Lipinski definition) is 2. The Morgan fingerprint density at radius 1 is 1.83 bits per heavy atom. The zero-order valence-electron chi connectivity index (χ0n) is 7.00. The second kappa shape index (κ2) is 3.92. The number of aromatic amines is 1. The molecule has 0 saturated carbocycles. The summed E-state index contributed by atoms with van der Waals surface area (Å²) in [5, 5.41) is 2.69. The first kappa shape index (κ1) is 8.80. The minimum Gasteiger partial charge on any atom is -0.357 e. The number of aromatic nitrogens is 1. The van der Waals surface area contributed by atoms with E-state index >= 15 is 0 Å². The van der Waals surface area contributed by atoms with Crippen LogP contribution in [0.5, 0.6) is 0 Å². The van der Waals surface area contributed by atoms with E-state index in [1.54, 1.807) is 18.3 Å². The summed E-state index contributed by atoms with van der Waals surface area (Å²) in [5.74, 6) is -0.114. The fourth-order valence-electron chi connectivity index (χ4n) is 0.820. The zero-order chi connectivity index (χ0) is 8.97. The summed E-state index contributed by atoms with van der Waals surface area (Å²) >= 11 is 0. The van der Waals surface area contributed by atoms with Crippen molar-refractivity contribution in [1.29, 1.82) is 0 Å². The summed E-state index contributed by atoms with van der Waals surface area (Å²) in [6.45, 7) is 2.34. The van der Waals surface area contributed by atoms with Crippen molar-refractivity contribution in [3.63, 3.8) is 0 Å². The fourth-order valence-corrected chi connectivity index (χ4v) is 0.820. The Balaban J connectivity index is 2.40. The lowest BCUT2D eigenvalue weighted by molar-refractivity contribution is 0.0947. The molecule has 1 aromatic rings. The van der Waals surface area contributed by atoms with Gasteiger partial charge in [0, 0.05) is 18.8 Å². The molecule has 1 heterocycles. The maximum absolute atomic E-state index is 11.2. The average Bonchev–Trinajstić information content (AvgIpc) is 2.51. The topological polar surface area (TPSA) is 70.9 Å². The Morgan fingerprint density at radius 2 is 2.58 bits per heavy atom. The standard InChI is InChI=1S/C8H13N3O/c1-6(9)5-11-8(12)7-3-2-4-10-7/h2-4,6,10H,5,9H2,1H3,(H,11,12). The molecule has 4 heteroatoms. The minimum atomic E-state index is -0.114. The molecule has 0 saturated heterocycles. The molecule has 4 N–H and O–H groups in total. The van der Waals surface area contributed by atoms with Crippen LogP contribution in [0, 0.1) is 0 Å². The summed E-state index contributed by atoms with van der Waals surface area (Å²) in [5.41, 5.74) is 6.03. The molecule has 0 aliphatic rings. The van der Waals surface area contributed by atoms with E-state index in [4.69, 9.17) is 5.73 Å². The number of carbonyl (C=O) groups is 1. The molecule has 1 rings (SSSR count). The van der Waals surface area contributed by atoms with E-state index in [2.05, 4.69) is 10.3 Å². The Labute approximate surface area is 71.2 Å². The van der Waals surface area contributed by atoms with E-state index in [1.165, 1.54) is 0 Å². The van der Waals surface area contributed by atoms with Gasteiger partial charge in [-0.25, -0.2) is 0 Å². The third kappa shape index (κ3) is 2.39. The first-order valence-electron chi connectivity index (χ1n) is 3.87. The SMILES string of the molecule is CC(N)CNC(=O)c1ccc[nH]1. The van der Waals surface area contributed by atoms with Crippen LogP contribution in [-0.2, 0) is 0 Å². The molecule has 1 amide bonds. The van der Waals surface area contributed by atoms with Gasteiger partial charge >= 0.3 is 0 Å². The van der Waals surface area contributed by atoms with Gasteiger partial charge in [0.25, 0.3) is 5.91 Å². The molecule has 1 aromatic heterocycles. The molecule has 4 nitrogen and oxygen atoms in total. The van der Waals surface area contributed by atoms with Gasteiger partial charge in [0.05, 0.1) is 0 Å². The number of amides is 1. The minimum absolute atomic E-state index is 0.0103. The Morgan fingerprint density at radius 3 is 3.08 bits per heavy atom. The van der Waals surface area contributed by atoms with Gasteiger partial charge in [0.1, 0.15) is 5.69 Å². The molecule has 0 aliphatic carbocycles. The highest BCUT2D eigenvalue weighted by Crippen LogP contribution is 1.92. The molecule has 0 aliphatic heterocycles. The largest absolute Gasteiger partial charge is 0.357 e. The maximum atomic E-state index is 11.2. The lowest BCUT2D eigenvalue weighted by Gasteiger charge is -2.05. The molecule has 66 valence electrons. The van der Waals surface area contributed by atoms with Crippen LogP contribution in [0.4, 0.5) is 0 Å². The summed E-state index contributed by atoms with van der Waals surface area (Å²) in [6, 6.07) is 3.49. The fraction of sp³-hybridized carbons (Fsp3) is 0.375. The van der Waals surface area contributed by atoms with Crippen molar-refractivity contribution in [3.05, 3.63) is 24.0 Å². The van der Waals surface area contributed by atoms with Crippen LogP contribution in [-0.4, -0.2) is 23.5 Å². The molecule has 1 atom stereocenters. The number of nitrogens with two attached hydrogens (primary N) is 1. The van der Waals surface area contributed by atoms with E-state index in [0.29, 0.717) is 12.2 Å². The molecule has 0 bridgehead atoms. The predicted molar refractivity (Wildman–Crippen MR) is 46.8 cm³/mol. The van der Waals surface area contributed by atoms with Crippen LogP contribution < -0.4 is 11.1 Å². The van der Waals surface area contributed by atoms with Gasteiger partial charge in [-0.2, -0.15) is 0 Å². The number of nitrogens with one attached hydrogen (secondary N) is 2. The van der Waals surface area contributed by atoms with Crippen molar-refractivity contribution in [1.82, 2.24) is 10.3 Å². The second-order valence-corrected chi connectivity index (χ2v) is 2.77. The zero-order valence-corrected chi connectivity index (χ0v) is 7.00. The van der Waals surface area contributed by atoms with E-state index < -0.39 is 0 Å². The maximum Gasteiger partial charge on any atom is 0.267 e. The lowest BCUT2D eigenvalue weighted by Crippen LogP contribution is -2.35. The number of H-pyrrole nitrogens is 1. The van der Waals surface area contributed by atoms with Crippen molar-refractivity contribution in [3.8, 4) is 0 Å². The Hall–Kier alpha value is -1.29. The highest BCUT2D eigenvalue weighted by molar-refractivity contribution is 5.92. The van der Waals surface area contributed by atoms with Gasteiger partial charge in [0.15, 0.2) is 0 Å². The van der Waals surface area contributed by atoms with Gasteiger partial charge in [0.2, 0.25) is 0 Å². The van der Waals surface area contributed by atoms with E-state index in [9.17, 15) is 4.79 Å². The van der Waals surface area contributed by atoms with Crippen LogP contribution in [0.1, 0.15) is 17.4 Å². The average molecular weight is 167 g/mol. The van der Waals surface area contributed by atoms with E-state index in [0.717, 1.165) is 0 Å². The lowest BCUT2D eigenvalue weighted by atomic mass is 10.3. The van der Waals surface area contributed by atoms with Crippen molar-refractivity contribution in [2.45, 2.75) is 13.0 Å². The van der Waals surface area contributed by atoms with E-state index in [-0.39, 0.29) is 11.9 Å². The number of carbonyl (C=O) groups excluding carboxylic acids is 1. The molecule has 0 radical (unpaired) electrons. The molecular formula is C8H13N3O. The highest BCUT2D eigenvalue weighted by Gasteiger charge is 2.04. The quantitative estimate of drug-likeness (QED) is 0.597. The van der Waals surface area contributed by atoms with Crippen molar-refractivity contribution >= 4 is 5.91 Å². The van der Waals surface area contributed by atoms with Gasteiger partial charge in [-0.1, -0.05) is 0 Å². The molecule has 0 spiro atoms. The van der Waals surface area contributed by atoms with Crippen molar-refractivity contribution in [2.24, 2.45) is 5.73 Å². The van der Waals surface area contributed by atoms with Crippen LogP contribution in [0.15, 0.2) is 18.3 Å². The third-order valence-corrected chi connectivity index (χ3v) is 1.43. The third-order valence-electron chi connectivity index (χ3n) is 1.43. The predicted octanol–water partition coefficient (Wildman–Crippen LogP) is 0.0917. The normalized spacial score (nSPS) is 12.5. The van der Waals surface area contributed by atoms with Crippen LogP contribution >= 0.6 is 0 Å². The smallest absolute Gasteiger partial charge is 0.267 e. The number of rotatable bonds is 3. The summed E-state index contributed by atoms with van der Waals surface area (Å²) < 4.78 is 0. The summed E-state index contributed by atoms with van der Waals surface area (Å²) in [6.07, 6.45) is 1.71. The molecule has 0 fully saturated rings. The second-order valence-electron chi connectivity index (χ2n) is 2.77. The van der Waals surface area contributed by atoms with Crippen molar-refractivity contribution in [2.75, 3.05) is 6.54 Å². The van der Waals surface area contributed by atoms with Gasteiger partial charge < -0.3 is 16.0 Å². The van der Waals surface area contributed by atoms with Gasteiger partial charge in [-0.3, -0.25) is 4.79 Å². The molecule has 1 unspecified atom stereocenters. The molecule has 0 aromatic carbocycles. The van der Waals surface area contributed by atoms with E-state index in [1.807, 2.05) is 6.92 Å². The summed E-state index contributed by atoms with van der Waals surface area (Å²) in [7, 11) is 0. The van der Waals surface area contributed by atoms with Crippen molar-refractivity contribution < 1.29 is 4.79 Å². The molecular weight excluding hydrogens is 154 g/mol. The van der Waals surface area contributed by atoms with Crippen LogP contribution in [0.3, 0.4) is 0 Å². The monoisotopic (exact) mass is 167 g/mol. The first-order valence-corrected chi connectivity index (χ1v) is 3.87. The highest BCUT2D eigenvalue weighted by atomic mass is 16.1. The van der Waals surface area contributed by atoms with Crippen LogP contribution in [0.25, 0.3) is 0 Å². The molecule has 12 heavy (non-hydrogen) atoms. The number of hydrogen-bond donors (Lipinski definition) is 3. The Kier molecular flexibility index (Phi) is 2.88. The Bertz CT molecular complexity index is 241. The van der Waals surface area contributed by atoms with Gasteiger partial charge in [-0.15, -0.1) is 0 Å². The van der Waals surface area contributed by atoms with Crippen LogP contribution in [0.2, 0.25) is 0 Å².